The first-order chi connectivity index (χ1) is 22.1. The minimum atomic E-state index is -1.30. The zero-order chi connectivity index (χ0) is 32.8. The Labute approximate surface area is 271 Å². The minimum absolute atomic E-state index is 0.0238. The van der Waals surface area contributed by atoms with Crippen LogP contribution in [0.15, 0.2) is 77.5 Å². The lowest BCUT2D eigenvalue weighted by atomic mass is 9.89. The molecule has 0 unspecified atom stereocenters. The van der Waals surface area contributed by atoms with E-state index >= 15 is 0 Å². The fraction of sp³-hybridized carbons (Fsp3) is 0.226. The smallest absolute Gasteiger partial charge is 0.412 e. The summed E-state index contributed by atoms with van der Waals surface area (Å²) in [6.45, 7) is 2.28. The number of ether oxygens (including phenoxy) is 1. The van der Waals surface area contributed by atoms with Crippen molar-refractivity contribution in [3.63, 3.8) is 0 Å². The highest BCUT2D eigenvalue weighted by Gasteiger charge is 2.37. The third-order valence-electron chi connectivity index (χ3n) is 7.40. The van der Waals surface area contributed by atoms with Crippen LogP contribution in [-0.2, 0) is 11.3 Å². The number of hydrogen-bond donors (Lipinski definition) is 6. The lowest BCUT2D eigenvalue weighted by Gasteiger charge is -2.43. The summed E-state index contributed by atoms with van der Waals surface area (Å²) in [6, 6.07) is 16.3. The molecule has 2 aromatic heterocycles. The van der Waals surface area contributed by atoms with E-state index in [2.05, 4.69) is 47.2 Å². The van der Waals surface area contributed by atoms with Gasteiger partial charge in [0.25, 0.3) is 5.91 Å². The summed E-state index contributed by atoms with van der Waals surface area (Å²) in [6.07, 6.45) is -0.364. The van der Waals surface area contributed by atoms with Gasteiger partial charge in [0.15, 0.2) is 5.69 Å². The molecule has 46 heavy (non-hydrogen) atoms. The Hall–Kier alpha value is -5.44. The van der Waals surface area contributed by atoms with Gasteiger partial charge in [0.1, 0.15) is 6.61 Å². The number of halogens is 1. The van der Waals surface area contributed by atoms with E-state index in [1.807, 2.05) is 41.3 Å². The van der Waals surface area contributed by atoms with Gasteiger partial charge in [0, 0.05) is 29.1 Å². The molecular formula is C31H30BrN7O7. The molecule has 4 aromatic rings. The first-order valence-electron chi connectivity index (χ1n) is 14.1. The predicted octanol–water partition coefficient (Wildman–Crippen LogP) is 5.12. The minimum Gasteiger partial charge on any atom is -0.465 e. The lowest BCUT2D eigenvalue weighted by Crippen LogP contribution is -2.64. The van der Waals surface area contributed by atoms with E-state index < -0.39 is 36.3 Å². The van der Waals surface area contributed by atoms with Gasteiger partial charge in [-0.2, -0.15) is 0 Å². The SMILES string of the molecule is C[C@H]1CN(c2ccncc2NC(=O)c2nc3cc(Br)ccc3cc2NC(=O)OCc2ccccc2)C[C@@H](NC(=O)O)[C@H]1NC(=O)O. The van der Waals surface area contributed by atoms with Gasteiger partial charge in [-0.1, -0.05) is 59.3 Å². The van der Waals surface area contributed by atoms with Crippen molar-refractivity contribution < 1.29 is 34.1 Å². The van der Waals surface area contributed by atoms with Crippen LogP contribution in [0.1, 0.15) is 23.0 Å². The number of carbonyl (C=O) groups is 4. The number of benzene rings is 2. The maximum absolute atomic E-state index is 13.8. The second-order valence-electron chi connectivity index (χ2n) is 10.7. The largest absolute Gasteiger partial charge is 0.465 e. The molecule has 15 heteroatoms. The van der Waals surface area contributed by atoms with Crippen LogP contribution in [-0.4, -0.2) is 69.5 Å². The Morgan fingerprint density at radius 1 is 0.957 bits per heavy atom. The zero-order valence-electron chi connectivity index (χ0n) is 24.4. The van der Waals surface area contributed by atoms with Gasteiger partial charge < -0.3 is 35.8 Å². The molecule has 0 saturated carbocycles. The fourth-order valence-corrected chi connectivity index (χ4v) is 5.73. The van der Waals surface area contributed by atoms with Crippen molar-refractivity contribution in [3.05, 3.63) is 88.8 Å². The van der Waals surface area contributed by atoms with Crippen LogP contribution in [0.2, 0.25) is 0 Å². The average Bonchev–Trinajstić information content (AvgIpc) is 3.01. The van der Waals surface area contributed by atoms with Crippen LogP contribution < -0.4 is 26.2 Å². The van der Waals surface area contributed by atoms with Crippen LogP contribution in [0.25, 0.3) is 10.9 Å². The van der Waals surface area contributed by atoms with Gasteiger partial charge in [-0.3, -0.25) is 15.1 Å². The summed E-state index contributed by atoms with van der Waals surface area (Å²) in [5.74, 6) is -0.957. The highest BCUT2D eigenvalue weighted by atomic mass is 79.9. The molecule has 1 aliphatic heterocycles. The van der Waals surface area contributed by atoms with Crippen molar-refractivity contribution in [1.29, 1.82) is 0 Å². The number of anilines is 3. The quantitative estimate of drug-likeness (QED) is 0.144. The van der Waals surface area contributed by atoms with Gasteiger partial charge in [-0.25, -0.2) is 19.4 Å². The number of amides is 4. The molecule has 3 heterocycles. The molecule has 238 valence electrons. The number of pyridine rings is 2. The Morgan fingerprint density at radius 2 is 1.72 bits per heavy atom. The Bertz CT molecular complexity index is 1780. The number of carboxylic acid groups (broad SMARTS) is 2. The third kappa shape index (κ3) is 7.79. The molecule has 6 N–H and O–H groups in total. The van der Waals surface area contributed by atoms with Crippen LogP contribution in [0, 0.1) is 5.92 Å². The molecule has 4 amide bonds. The number of piperidine rings is 1. The summed E-state index contributed by atoms with van der Waals surface area (Å²) in [4.78, 5) is 60.1. The molecule has 3 atom stereocenters. The molecule has 2 aromatic carbocycles. The Balaban J connectivity index is 1.41. The molecule has 1 aliphatic rings. The van der Waals surface area contributed by atoms with Crippen molar-refractivity contribution in [3.8, 4) is 0 Å². The molecule has 0 aliphatic carbocycles. The molecule has 0 spiro atoms. The second-order valence-corrected chi connectivity index (χ2v) is 11.6. The molecule has 1 fully saturated rings. The zero-order valence-corrected chi connectivity index (χ0v) is 26.0. The van der Waals surface area contributed by atoms with Crippen molar-refractivity contribution in [1.82, 2.24) is 20.6 Å². The number of aromatic nitrogens is 2. The van der Waals surface area contributed by atoms with Crippen LogP contribution in [0.3, 0.4) is 0 Å². The number of fused-ring (bicyclic) bond motifs is 1. The molecule has 1 saturated heterocycles. The van der Waals surface area contributed by atoms with Crippen molar-refractivity contribution in [2.75, 3.05) is 28.6 Å². The van der Waals surface area contributed by atoms with Crippen molar-refractivity contribution >= 4 is 68.1 Å². The van der Waals surface area contributed by atoms with Gasteiger partial charge in [0.2, 0.25) is 0 Å². The number of hydrogen-bond acceptors (Lipinski definition) is 8. The van der Waals surface area contributed by atoms with E-state index in [1.54, 1.807) is 31.2 Å². The lowest BCUT2D eigenvalue weighted by molar-refractivity contribution is 0.102. The van der Waals surface area contributed by atoms with Crippen molar-refractivity contribution in [2.24, 2.45) is 5.92 Å². The molecular weight excluding hydrogens is 662 g/mol. The molecule has 0 bridgehead atoms. The van der Waals surface area contributed by atoms with E-state index in [1.165, 1.54) is 12.4 Å². The summed E-state index contributed by atoms with van der Waals surface area (Å²) >= 11 is 3.42. The first-order valence-corrected chi connectivity index (χ1v) is 14.9. The monoisotopic (exact) mass is 691 g/mol. The van der Waals surface area contributed by atoms with Crippen molar-refractivity contribution in [2.45, 2.75) is 25.6 Å². The summed E-state index contributed by atoms with van der Waals surface area (Å²) in [5.41, 5.74) is 2.15. The first kappa shape index (κ1) is 32.0. The molecule has 5 rings (SSSR count). The number of rotatable bonds is 8. The summed E-state index contributed by atoms with van der Waals surface area (Å²) < 4.78 is 6.12. The van der Waals surface area contributed by atoms with E-state index in [-0.39, 0.29) is 30.5 Å². The predicted molar refractivity (Wildman–Crippen MR) is 173 cm³/mol. The van der Waals surface area contributed by atoms with E-state index in [0.29, 0.717) is 28.8 Å². The van der Waals surface area contributed by atoms with Crippen LogP contribution >= 0.6 is 15.9 Å². The van der Waals surface area contributed by atoms with Crippen LogP contribution in [0.5, 0.6) is 0 Å². The molecule has 0 radical (unpaired) electrons. The maximum Gasteiger partial charge on any atom is 0.412 e. The Kier molecular flexibility index (Phi) is 9.81. The van der Waals surface area contributed by atoms with E-state index in [0.717, 1.165) is 10.0 Å². The van der Waals surface area contributed by atoms with Gasteiger partial charge in [0.05, 0.1) is 40.9 Å². The topological polar surface area (TPSA) is 195 Å². The van der Waals surface area contributed by atoms with Gasteiger partial charge in [-0.15, -0.1) is 0 Å². The highest BCUT2D eigenvalue weighted by Crippen LogP contribution is 2.31. The normalized spacial score (nSPS) is 17.5. The summed E-state index contributed by atoms with van der Waals surface area (Å²) in [5, 5.41) is 29.7. The number of nitrogens with zero attached hydrogens (tertiary/aromatic N) is 3. The fourth-order valence-electron chi connectivity index (χ4n) is 5.38. The standard InChI is InChI=1S/C31H30BrN7O7/c1-17-14-39(15-24(36-29(41)42)26(17)38-30(43)44)25-9-10-33-13-23(25)35-28(40)27-22(11-19-7-8-20(32)12-21(19)34-27)37-31(45)46-16-18-5-3-2-4-6-18/h2-13,17,24,26,36,38H,14-16H2,1H3,(H,35,40)(H,37,45)(H,41,42)(H,43,44)/t17-,24+,26-/m0/s1. The number of nitrogens with one attached hydrogen (secondary N) is 4. The highest BCUT2D eigenvalue weighted by molar-refractivity contribution is 9.10. The molecule has 14 nitrogen and oxygen atoms in total. The van der Waals surface area contributed by atoms with Crippen LogP contribution in [0.4, 0.5) is 31.4 Å². The third-order valence-corrected chi connectivity index (χ3v) is 7.90. The maximum atomic E-state index is 13.8. The Morgan fingerprint density at radius 3 is 2.46 bits per heavy atom. The van der Waals surface area contributed by atoms with Gasteiger partial charge >= 0.3 is 18.3 Å². The number of carbonyl (C=O) groups excluding carboxylic acids is 2. The summed E-state index contributed by atoms with van der Waals surface area (Å²) in [7, 11) is 0. The van der Waals surface area contributed by atoms with E-state index in [9.17, 15) is 29.4 Å². The average molecular weight is 693 g/mol. The van der Waals surface area contributed by atoms with E-state index in [4.69, 9.17) is 4.74 Å². The van der Waals surface area contributed by atoms with Gasteiger partial charge in [-0.05, 0) is 35.7 Å². The second kappa shape index (κ2) is 14.1.